The number of halogens is 1. The monoisotopic (exact) mass is 544 g/mol. The third kappa shape index (κ3) is 5.69. The molecule has 2 N–H and O–H groups in total. The van der Waals surface area contributed by atoms with Crippen LogP contribution < -0.4 is 10.2 Å². The molecular weight excluding hydrogens is 519 g/mol. The van der Waals surface area contributed by atoms with E-state index in [9.17, 15) is 19.1 Å². The first-order valence-electron chi connectivity index (χ1n) is 12.0. The van der Waals surface area contributed by atoms with E-state index in [0.717, 1.165) is 11.3 Å². The summed E-state index contributed by atoms with van der Waals surface area (Å²) in [5, 5.41) is 13.9. The molecule has 5 rings (SSSR count). The van der Waals surface area contributed by atoms with Crippen LogP contribution >= 0.6 is 11.3 Å². The molecule has 0 atom stereocenters. The highest BCUT2D eigenvalue weighted by Gasteiger charge is 2.23. The zero-order valence-corrected chi connectivity index (χ0v) is 22.2. The molecule has 3 heterocycles. The Kier molecular flexibility index (Phi) is 6.94. The van der Waals surface area contributed by atoms with Crippen molar-refractivity contribution in [3.05, 3.63) is 89.4 Å². The number of benzene rings is 2. The van der Waals surface area contributed by atoms with Gasteiger partial charge in [-0.25, -0.2) is 15.0 Å². The number of fused-ring (bicyclic) bond motifs is 1. The average molecular weight is 545 g/mol. The molecule has 2 aromatic carbocycles. The molecular formula is C28H25FN6O3S. The second-order valence-corrected chi connectivity index (χ2v) is 10.6. The van der Waals surface area contributed by atoms with Gasteiger partial charge in [-0.1, -0.05) is 18.2 Å². The molecule has 2 amide bonds. The predicted octanol–water partition coefficient (Wildman–Crippen LogP) is 4.99. The second kappa shape index (κ2) is 10.4. The van der Waals surface area contributed by atoms with Gasteiger partial charge < -0.3 is 14.6 Å². The largest absolute Gasteiger partial charge is 0.389 e. The number of rotatable bonds is 7. The lowest BCUT2D eigenvalue weighted by molar-refractivity contribution is 0.0630. The van der Waals surface area contributed by atoms with E-state index in [1.54, 1.807) is 74.0 Å². The van der Waals surface area contributed by atoms with Gasteiger partial charge in [-0.3, -0.25) is 14.9 Å². The number of carbonyl (C=O) groups excluding carboxylic acids is 2. The van der Waals surface area contributed by atoms with Crippen LogP contribution in [0.15, 0.2) is 73.1 Å². The topological polar surface area (TPSA) is 113 Å². The molecule has 0 aliphatic rings. The minimum absolute atomic E-state index is 0.154. The minimum Gasteiger partial charge on any atom is -0.389 e. The minimum atomic E-state index is -1.10. The lowest BCUT2D eigenvalue weighted by Gasteiger charge is -2.20. The molecule has 39 heavy (non-hydrogen) atoms. The fraction of sp³-hybridized carbons (Fsp3) is 0.179. The molecule has 0 aliphatic heterocycles. The Hall–Kier alpha value is -4.48. The van der Waals surface area contributed by atoms with E-state index in [-0.39, 0.29) is 18.4 Å². The smallest absolute Gasteiger partial charge is 0.269 e. The SMILES string of the molecule is CN(C(=O)c1ccccc1)c1ccc2c(c1)nc(NC(=O)c1cnc(-c3ccnc(F)c3)s1)n2CC(C)(C)O. The summed E-state index contributed by atoms with van der Waals surface area (Å²) >= 11 is 1.11. The van der Waals surface area contributed by atoms with E-state index >= 15 is 0 Å². The number of amides is 2. The first-order valence-corrected chi connectivity index (χ1v) is 12.9. The number of hydrogen-bond donors (Lipinski definition) is 2. The number of hydrogen-bond acceptors (Lipinski definition) is 7. The number of pyridine rings is 1. The molecule has 9 nitrogen and oxygen atoms in total. The standard InChI is InChI=1S/C28H25FN6O3S/c1-28(2,38)16-35-21-10-9-19(34(3)26(37)17-7-5-4-6-8-17)14-20(21)32-27(35)33-24(36)22-15-31-25(39-22)18-11-12-30-23(29)13-18/h4-15,38H,16H2,1-3H3,(H,32,33,36). The second-order valence-electron chi connectivity index (χ2n) is 9.59. The molecule has 5 aromatic rings. The van der Waals surface area contributed by atoms with E-state index in [2.05, 4.69) is 20.3 Å². The van der Waals surface area contributed by atoms with Crippen molar-refractivity contribution in [2.45, 2.75) is 26.0 Å². The highest BCUT2D eigenvalue weighted by atomic mass is 32.1. The Bertz CT molecular complexity index is 1680. The van der Waals surface area contributed by atoms with Crippen molar-refractivity contribution in [1.82, 2.24) is 19.5 Å². The average Bonchev–Trinajstić information content (AvgIpc) is 3.53. The van der Waals surface area contributed by atoms with Gasteiger partial charge in [-0.2, -0.15) is 4.39 Å². The predicted molar refractivity (Wildman–Crippen MR) is 148 cm³/mol. The van der Waals surface area contributed by atoms with Gasteiger partial charge in [0.05, 0.1) is 29.4 Å². The van der Waals surface area contributed by atoms with Crippen molar-refractivity contribution < 1.29 is 19.1 Å². The van der Waals surface area contributed by atoms with Gasteiger partial charge in [0.1, 0.15) is 9.88 Å². The normalized spacial score (nSPS) is 11.5. The molecule has 3 aromatic heterocycles. The molecule has 0 unspecified atom stereocenters. The van der Waals surface area contributed by atoms with E-state index < -0.39 is 17.5 Å². The van der Waals surface area contributed by atoms with Crippen molar-refractivity contribution in [1.29, 1.82) is 0 Å². The van der Waals surface area contributed by atoms with Gasteiger partial charge in [0.2, 0.25) is 11.9 Å². The number of carbonyl (C=O) groups is 2. The fourth-order valence-corrected chi connectivity index (χ4v) is 4.88. The van der Waals surface area contributed by atoms with E-state index in [1.165, 1.54) is 23.4 Å². The molecule has 0 bridgehead atoms. The summed E-state index contributed by atoms with van der Waals surface area (Å²) in [4.78, 5) is 40.3. The molecule has 0 saturated heterocycles. The van der Waals surface area contributed by atoms with Crippen LogP contribution in [0.2, 0.25) is 0 Å². The van der Waals surface area contributed by atoms with Crippen molar-refractivity contribution in [3.8, 4) is 10.6 Å². The molecule has 198 valence electrons. The van der Waals surface area contributed by atoms with Gasteiger partial charge in [0.25, 0.3) is 11.8 Å². The summed E-state index contributed by atoms with van der Waals surface area (Å²) in [6, 6.07) is 17.2. The molecule has 0 saturated carbocycles. The maximum atomic E-state index is 13.5. The number of thiazole rings is 1. The first-order chi connectivity index (χ1) is 18.6. The van der Waals surface area contributed by atoms with Crippen LogP contribution in [0.5, 0.6) is 0 Å². The maximum Gasteiger partial charge on any atom is 0.269 e. The highest BCUT2D eigenvalue weighted by molar-refractivity contribution is 7.17. The third-order valence-corrected chi connectivity index (χ3v) is 6.96. The number of nitrogens with one attached hydrogen (secondary N) is 1. The number of aromatic nitrogens is 4. The Balaban J connectivity index is 1.46. The van der Waals surface area contributed by atoms with E-state index in [1.807, 2.05) is 6.07 Å². The highest BCUT2D eigenvalue weighted by Crippen LogP contribution is 2.29. The van der Waals surface area contributed by atoms with Crippen LogP contribution in [0.25, 0.3) is 21.6 Å². The lowest BCUT2D eigenvalue weighted by atomic mass is 10.1. The van der Waals surface area contributed by atoms with Crippen molar-refractivity contribution in [2.75, 3.05) is 17.3 Å². The third-order valence-electron chi connectivity index (χ3n) is 5.92. The quantitative estimate of drug-likeness (QED) is 0.279. The zero-order chi connectivity index (χ0) is 27.7. The number of anilines is 2. The van der Waals surface area contributed by atoms with Crippen LogP contribution in [0.4, 0.5) is 16.0 Å². The van der Waals surface area contributed by atoms with Crippen molar-refractivity contribution in [3.63, 3.8) is 0 Å². The molecule has 11 heteroatoms. The Labute approximate surface area is 227 Å². The van der Waals surface area contributed by atoms with E-state index in [0.29, 0.717) is 37.7 Å². The Morgan fingerprint density at radius 2 is 1.87 bits per heavy atom. The van der Waals surface area contributed by atoms with Crippen molar-refractivity contribution in [2.24, 2.45) is 0 Å². The summed E-state index contributed by atoms with van der Waals surface area (Å²) in [7, 11) is 1.68. The van der Waals surface area contributed by atoms with E-state index in [4.69, 9.17) is 0 Å². The summed E-state index contributed by atoms with van der Waals surface area (Å²) in [6.07, 6.45) is 2.75. The number of imidazole rings is 1. The van der Waals surface area contributed by atoms with Gasteiger partial charge in [-0.05, 0) is 50.2 Å². The zero-order valence-electron chi connectivity index (χ0n) is 21.4. The van der Waals surface area contributed by atoms with Gasteiger partial charge in [-0.15, -0.1) is 11.3 Å². The van der Waals surface area contributed by atoms with Crippen molar-refractivity contribution >= 4 is 45.8 Å². The Morgan fingerprint density at radius 3 is 2.59 bits per heavy atom. The van der Waals surface area contributed by atoms with Crippen LogP contribution in [-0.2, 0) is 6.54 Å². The lowest BCUT2D eigenvalue weighted by Crippen LogP contribution is -2.27. The Morgan fingerprint density at radius 1 is 1.10 bits per heavy atom. The number of aliphatic hydroxyl groups is 1. The fourth-order valence-electron chi connectivity index (χ4n) is 4.07. The molecule has 0 aliphatic carbocycles. The number of nitrogens with zero attached hydrogens (tertiary/aromatic N) is 5. The first kappa shape index (κ1) is 26.1. The molecule has 0 spiro atoms. The van der Waals surface area contributed by atoms with Gasteiger partial charge in [0, 0.05) is 36.1 Å². The molecule has 0 fully saturated rings. The van der Waals surface area contributed by atoms with Crippen LogP contribution in [-0.4, -0.2) is 49.1 Å². The molecule has 0 radical (unpaired) electrons. The van der Waals surface area contributed by atoms with Gasteiger partial charge in [0.15, 0.2) is 0 Å². The summed E-state index contributed by atoms with van der Waals surface area (Å²) in [6.45, 7) is 3.48. The summed E-state index contributed by atoms with van der Waals surface area (Å²) in [5.74, 6) is -1.02. The van der Waals surface area contributed by atoms with Gasteiger partial charge >= 0.3 is 0 Å². The summed E-state index contributed by atoms with van der Waals surface area (Å²) < 4.78 is 15.2. The maximum absolute atomic E-state index is 13.5. The summed E-state index contributed by atoms with van der Waals surface area (Å²) in [5.41, 5.74) is 1.81. The van der Waals surface area contributed by atoms with Crippen LogP contribution in [0.1, 0.15) is 33.9 Å². The van der Waals surface area contributed by atoms with Crippen LogP contribution in [0.3, 0.4) is 0 Å². The van der Waals surface area contributed by atoms with Crippen LogP contribution in [0, 0.1) is 5.95 Å².